The predicted molar refractivity (Wildman–Crippen MR) is 97.6 cm³/mol. The Morgan fingerprint density at radius 2 is 1.54 bits per heavy atom. The van der Waals surface area contributed by atoms with Crippen LogP contribution in [0, 0.1) is 0 Å². The largest absolute Gasteiger partial charge is 0.473 e. The fourth-order valence-electron chi connectivity index (χ4n) is 1.77. The number of hydrogen-bond acceptors (Lipinski definition) is 7. The molecule has 1 rings (SSSR count). The van der Waals surface area contributed by atoms with Crippen LogP contribution in [-0.4, -0.2) is 56.9 Å². The Morgan fingerprint density at radius 1 is 1.04 bits per heavy atom. The quantitative estimate of drug-likeness (QED) is 0.262. The molecule has 0 saturated carbocycles. The summed E-state index contributed by atoms with van der Waals surface area (Å²) in [5, 5.41) is 26.2. The first-order chi connectivity index (χ1) is 12.9. The van der Waals surface area contributed by atoms with Gasteiger partial charge >= 0.3 is 17.9 Å². The number of ether oxygens (including phenoxy) is 1. The van der Waals surface area contributed by atoms with E-state index in [0.717, 1.165) is 5.56 Å². The van der Waals surface area contributed by atoms with Gasteiger partial charge in [0, 0.05) is 6.42 Å². The molecule has 0 heterocycles. The lowest BCUT2D eigenvalue weighted by atomic mass is 10.1. The molecule has 1 amide bonds. The molecule has 2 atom stereocenters. The predicted octanol–water partition coefficient (Wildman–Crippen LogP) is 0.579. The molecular formula is C18H26N2O8. The lowest BCUT2D eigenvalue weighted by molar-refractivity contribution is -0.159. The maximum Gasteiger partial charge on any atom is 0.414 e. The first-order valence-corrected chi connectivity index (χ1v) is 8.30. The molecular weight excluding hydrogens is 372 g/mol. The minimum absolute atomic E-state index is 0.319. The summed E-state index contributed by atoms with van der Waals surface area (Å²) in [5.41, 5.74) is 2.12. The molecule has 0 radical (unpaired) electrons. The highest BCUT2D eigenvalue weighted by Gasteiger charge is 2.28. The van der Waals surface area contributed by atoms with Crippen LogP contribution in [0.25, 0.3) is 0 Å². The number of rotatable bonds is 6. The van der Waals surface area contributed by atoms with Gasteiger partial charge in [0.2, 0.25) is 5.91 Å². The number of carboxylic acid groups (broad SMARTS) is 2. The maximum atomic E-state index is 12.3. The summed E-state index contributed by atoms with van der Waals surface area (Å²) < 4.78 is 5.35. The normalized spacial score (nSPS) is 12.6. The van der Waals surface area contributed by atoms with Crippen molar-refractivity contribution in [2.24, 2.45) is 0 Å². The average molecular weight is 398 g/mol. The van der Waals surface area contributed by atoms with E-state index in [0.29, 0.717) is 6.42 Å². The van der Waals surface area contributed by atoms with E-state index in [2.05, 4.69) is 5.32 Å². The van der Waals surface area contributed by atoms with Gasteiger partial charge in [-0.3, -0.25) is 4.79 Å². The number of carbonyl (C=O) groups is 4. The molecule has 0 unspecified atom stereocenters. The highest BCUT2D eigenvalue weighted by atomic mass is 16.6. The first kappa shape index (κ1) is 25.0. The highest BCUT2D eigenvalue weighted by molar-refractivity contribution is 6.27. The van der Waals surface area contributed by atoms with Crippen LogP contribution in [0.3, 0.4) is 0 Å². The van der Waals surface area contributed by atoms with Crippen molar-refractivity contribution >= 4 is 23.8 Å². The van der Waals surface area contributed by atoms with Crippen molar-refractivity contribution in [3.63, 3.8) is 0 Å². The smallest absolute Gasteiger partial charge is 0.414 e. The third-order valence-corrected chi connectivity index (χ3v) is 3.06. The van der Waals surface area contributed by atoms with Crippen molar-refractivity contribution in [2.75, 3.05) is 0 Å². The standard InChI is InChI=1S/C16H24N2O4.C2H2O4/c1-11(18-21)14(19)17-13(15(20)22-16(2,3)4)10-12-8-6-5-7-9-12;3-1(4)2(5)6/h5-9,11,13,18,21H,10H2,1-4H3,(H,17,19);(H,3,4)(H,5,6)/t11-,13-;/m0./s1. The molecule has 5 N–H and O–H groups in total. The van der Waals surface area contributed by atoms with Gasteiger partial charge in [0.25, 0.3) is 0 Å². The minimum atomic E-state index is -1.82. The number of esters is 1. The van der Waals surface area contributed by atoms with Gasteiger partial charge in [-0.05, 0) is 33.3 Å². The van der Waals surface area contributed by atoms with Gasteiger partial charge in [-0.1, -0.05) is 30.3 Å². The molecule has 0 spiro atoms. The van der Waals surface area contributed by atoms with Gasteiger partial charge in [0.05, 0.1) is 0 Å². The summed E-state index contributed by atoms with van der Waals surface area (Å²) in [6.07, 6.45) is 0.319. The fourth-order valence-corrected chi connectivity index (χ4v) is 1.77. The van der Waals surface area contributed by atoms with E-state index in [4.69, 9.17) is 29.7 Å². The molecule has 10 nitrogen and oxygen atoms in total. The molecule has 0 aromatic heterocycles. The molecule has 28 heavy (non-hydrogen) atoms. The number of hydrogen-bond donors (Lipinski definition) is 5. The van der Waals surface area contributed by atoms with Gasteiger partial charge in [0.1, 0.15) is 17.7 Å². The minimum Gasteiger partial charge on any atom is -0.473 e. The van der Waals surface area contributed by atoms with E-state index < -0.39 is 41.5 Å². The third-order valence-electron chi connectivity index (χ3n) is 3.06. The van der Waals surface area contributed by atoms with Gasteiger partial charge in [-0.25, -0.2) is 14.4 Å². The zero-order chi connectivity index (χ0) is 21.9. The van der Waals surface area contributed by atoms with E-state index in [-0.39, 0.29) is 0 Å². The van der Waals surface area contributed by atoms with E-state index >= 15 is 0 Å². The van der Waals surface area contributed by atoms with Crippen molar-refractivity contribution in [1.29, 1.82) is 0 Å². The molecule has 1 aromatic carbocycles. The van der Waals surface area contributed by atoms with Crippen molar-refractivity contribution in [3.8, 4) is 0 Å². The van der Waals surface area contributed by atoms with Crippen LogP contribution in [0.1, 0.15) is 33.3 Å². The number of amides is 1. The Bertz CT molecular complexity index is 658. The molecule has 0 fully saturated rings. The van der Waals surface area contributed by atoms with E-state index in [1.54, 1.807) is 20.8 Å². The first-order valence-electron chi connectivity index (χ1n) is 8.30. The number of benzene rings is 1. The number of aliphatic carboxylic acids is 2. The fraction of sp³-hybridized carbons (Fsp3) is 0.444. The summed E-state index contributed by atoms with van der Waals surface area (Å²) >= 11 is 0. The summed E-state index contributed by atoms with van der Waals surface area (Å²) in [7, 11) is 0. The molecule has 10 heteroatoms. The topological polar surface area (TPSA) is 162 Å². The van der Waals surface area contributed by atoms with E-state index in [1.165, 1.54) is 6.92 Å². The van der Waals surface area contributed by atoms with Gasteiger partial charge in [0.15, 0.2) is 0 Å². The Morgan fingerprint density at radius 3 is 1.93 bits per heavy atom. The van der Waals surface area contributed by atoms with Crippen LogP contribution in [-0.2, 0) is 30.3 Å². The molecule has 0 aliphatic heterocycles. The molecule has 0 saturated heterocycles. The van der Waals surface area contributed by atoms with Gasteiger partial charge in [-0.15, -0.1) is 0 Å². The second-order valence-electron chi connectivity index (χ2n) is 6.75. The summed E-state index contributed by atoms with van der Waals surface area (Å²) in [6, 6.07) is 7.71. The van der Waals surface area contributed by atoms with Crippen molar-refractivity contribution < 1.29 is 39.3 Å². The maximum absolute atomic E-state index is 12.3. The Labute approximate surface area is 162 Å². The molecule has 0 aliphatic carbocycles. The van der Waals surface area contributed by atoms with Crippen LogP contribution in [0.5, 0.6) is 0 Å². The van der Waals surface area contributed by atoms with Crippen LogP contribution >= 0.6 is 0 Å². The number of hydroxylamine groups is 1. The lowest BCUT2D eigenvalue weighted by Gasteiger charge is -2.25. The third kappa shape index (κ3) is 10.9. The van der Waals surface area contributed by atoms with Crippen molar-refractivity contribution in [1.82, 2.24) is 10.8 Å². The van der Waals surface area contributed by atoms with Crippen molar-refractivity contribution in [3.05, 3.63) is 35.9 Å². The summed E-state index contributed by atoms with van der Waals surface area (Å²) in [6.45, 7) is 6.79. The lowest BCUT2D eigenvalue weighted by Crippen LogP contribution is -2.50. The number of nitrogens with one attached hydrogen (secondary N) is 2. The van der Waals surface area contributed by atoms with Gasteiger partial charge < -0.3 is 25.5 Å². The Kier molecular flexibility index (Phi) is 10.4. The molecule has 156 valence electrons. The van der Waals surface area contributed by atoms with E-state index in [1.807, 2.05) is 35.8 Å². The Hall–Kier alpha value is -2.98. The Balaban J connectivity index is 0.00000105. The number of carbonyl (C=O) groups excluding carboxylic acids is 2. The van der Waals surface area contributed by atoms with Gasteiger partial charge in [-0.2, -0.15) is 5.48 Å². The summed E-state index contributed by atoms with van der Waals surface area (Å²) in [5.74, 6) is -4.63. The zero-order valence-electron chi connectivity index (χ0n) is 16.1. The second kappa shape index (κ2) is 11.7. The second-order valence-corrected chi connectivity index (χ2v) is 6.75. The zero-order valence-corrected chi connectivity index (χ0v) is 16.1. The average Bonchev–Trinajstić information content (AvgIpc) is 2.60. The highest BCUT2D eigenvalue weighted by Crippen LogP contribution is 2.11. The molecule has 0 aliphatic rings. The molecule has 0 bridgehead atoms. The van der Waals surface area contributed by atoms with Crippen LogP contribution in [0.2, 0.25) is 0 Å². The van der Waals surface area contributed by atoms with Crippen LogP contribution in [0.4, 0.5) is 0 Å². The summed E-state index contributed by atoms with van der Waals surface area (Å²) in [4.78, 5) is 42.4. The number of carboxylic acids is 2. The van der Waals surface area contributed by atoms with Crippen molar-refractivity contribution in [2.45, 2.75) is 51.8 Å². The monoisotopic (exact) mass is 398 g/mol. The van der Waals surface area contributed by atoms with E-state index in [9.17, 15) is 9.59 Å². The van der Waals surface area contributed by atoms with Crippen LogP contribution < -0.4 is 10.8 Å². The van der Waals surface area contributed by atoms with Crippen LogP contribution in [0.15, 0.2) is 30.3 Å². The SMILES string of the molecule is C[C@H](NO)C(=O)N[C@@H](Cc1ccccc1)C(=O)OC(C)(C)C.O=C(O)C(=O)O. The molecule has 1 aromatic rings.